The molecule has 0 aliphatic heterocycles. The first-order valence-electron chi connectivity index (χ1n) is 39.7. The molecule has 0 saturated heterocycles. The van der Waals surface area contributed by atoms with Crippen LogP contribution in [0, 0.1) is 17.8 Å². The lowest BCUT2D eigenvalue weighted by Crippen LogP contribution is -2.59. The molecule has 2 aromatic carbocycles. The fourth-order valence-electron chi connectivity index (χ4n) is 13.6. The number of unbranched alkanes of at least 4 members (excludes halogenated alkanes) is 1. The molecule has 2 heterocycles. The molecule has 22 N–H and O–H groups in total. The Hall–Kier alpha value is -10.3. The minimum absolute atomic E-state index is 0.00742. The molecule has 121 heavy (non-hydrogen) atoms. The molecule has 4 aromatic rings. The average Bonchev–Trinajstić information content (AvgIpc) is 1.25. The number of primary amides is 2. The van der Waals surface area contributed by atoms with Gasteiger partial charge >= 0.3 is 0 Å². The summed E-state index contributed by atoms with van der Waals surface area (Å²) >= 11 is 0. The van der Waals surface area contributed by atoms with Crippen molar-refractivity contribution >= 4 is 128 Å². The number of nitrogens with two attached hydrogens (primary N) is 2. The zero-order valence-corrected chi connectivity index (χ0v) is 73.4. The number of hydrogen-bond acceptors (Lipinski definition) is 22. The Morgan fingerprint density at radius 1 is 0.545 bits per heavy atom. The Kier molecular flexibility index (Phi) is 40.2. The molecule has 0 aliphatic rings. The van der Waals surface area contributed by atoms with E-state index in [0.717, 1.165) is 10.5 Å². The smallest absolute Gasteiger partial charge is 0.267 e. The van der Waals surface area contributed by atoms with Crippen molar-refractivity contribution in [3.05, 3.63) is 84.1 Å². The van der Waals surface area contributed by atoms with Gasteiger partial charge in [0.05, 0.1) is 40.2 Å². The largest absolute Gasteiger partial charge is 0.390 e. The minimum Gasteiger partial charge on any atom is -0.390 e. The van der Waals surface area contributed by atoms with Crippen LogP contribution in [0.2, 0.25) is 10.1 Å². The van der Waals surface area contributed by atoms with Gasteiger partial charge in [0.2, 0.25) is 70.9 Å². The number of aliphatic hydroxyl groups excluding tert-OH is 3. The maximum atomic E-state index is 14.5. The maximum absolute atomic E-state index is 14.5. The standard InChI is InChI=1S/C78H122N17O23S2Si/c1-42(2)31-53(59(96)35-62(99)88-54(67(80)103)32-43(3)4)90-72(108)56(34-48-37-81-41-85-48)89-63(100)38-95(14)76(112)64(44(5)6)94-68(104)45(7)86-71(107)55(33-47-36-84-51-20-16-15-19-50(47)51)91-70(106)52(26-27-60(79)97)87-61(98)21-17-18-29-82-69(105)57(39-119(113,114)115)92-73(109)58(40-120(116,117)118)93-75(111)66(102)65(101)74(110)83-30-28-46-22-24-49(25-23-46)121(77(8,9)10)78(11,12)13/h15-16,19-20,22-25,36-37,41-45,52-59,64-66,84,96,101-102H,17-18,21,26-35,38-40H2,1-14H3,(H2,79,97)(H2,80,103)(H,81,85)(H,82,105)(H,83,110)(H,86,107)(H,87,98)(H,88,99)(H,89,100)(H,90,108)(H,91,106)(H,92,109)(H,93,111)(H,94,104)(H,113,114,115)(H,116,117,118)/t45-,52-,53-,54-,55-,56-,57-,58-,59-,64-,65?,66?/m0/s1. The van der Waals surface area contributed by atoms with E-state index >= 15 is 0 Å². The number of carbonyl (C=O) groups excluding carboxylic acids is 14. The SMILES string of the molecule is CC(C)C[C@H](NC(=O)C[C@H](O)[C@H](CC(C)C)NC(=O)[C@H](Cc1cnc[nH]1)NC(=O)CN(C)C(=O)[C@@H](NC(=O)[C@H](C)NC(=O)[C@H](Cc1c[nH]c2ccccc12)NC(=O)[C@H](CCC(N)=O)NC(=O)CCCCNC(=O)[C@H](CS(=O)(=O)O)NC(=O)[C@H](CS(=O)(=O)O)NC(=O)C(O)C(O)C(=O)NCCc1ccc([Si](C(C)(C)C)C(C)(C)C)cc1)C(C)C)C(N)=O. The Labute approximate surface area is 705 Å². The number of benzene rings is 2. The van der Waals surface area contributed by atoms with E-state index < -0.39 is 241 Å². The predicted molar refractivity (Wildman–Crippen MR) is 447 cm³/mol. The van der Waals surface area contributed by atoms with Crippen LogP contribution in [-0.2, 0) is 107 Å². The van der Waals surface area contributed by atoms with Crippen LogP contribution < -0.4 is 75.1 Å². The number of nitrogens with zero attached hydrogens (tertiary/aromatic N) is 2. The summed E-state index contributed by atoms with van der Waals surface area (Å²) in [5.74, 6) is -18.5. The van der Waals surface area contributed by atoms with Crippen LogP contribution in [0.15, 0.2) is 67.3 Å². The van der Waals surface area contributed by atoms with E-state index in [0.29, 0.717) is 22.2 Å². The van der Waals surface area contributed by atoms with Gasteiger partial charge in [-0.15, -0.1) is 0 Å². The number of para-hydroxylation sites is 1. The molecule has 40 nitrogen and oxygen atoms in total. The minimum atomic E-state index is -5.24. The summed E-state index contributed by atoms with van der Waals surface area (Å²) in [7, 11) is -10.2. The molecule has 0 spiro atoms. The summed E-state index contributed by atoms with van der Waals surface area (Å²) in [4.78, 5) is 200. The topological polar surface area (TPSA) is 640 Å². The Bertz CT molecular complexity index is 4450. The number of H-pyrrole nitrogens is 2. The van der Waals surface area contributed by atoms with Crippen molar-refractivity contribution in [1.82, 2.24) is 78.3 Å². The highest BCUT2D eigenvalue weighted by molar-refractivity contribution is 7.86. The molecule has 0 bridgehead atoms. The Balaban J connectivity index is 1.42. The number of aromatic amines is 2. The molecule has 0 aliphatic carbocycles. The summed E-state index contributed by atoms with van der Waals surface area (Å²) in [6, 6.07) is 0.745. The molecule has 673 valence electrons. The number of aliphatic hydroxyl groups is 3. The van der Waals surface area contributed by atoms with Crippen molar-refractivity contribution in [2.45, 2.75) is 243 Å². The summed E-state index contributed by atoms with van der Waals surface area (Å²) in [5, 5.41) is 60.9. The lowest BCUT2D eigenvalue weighted by atomic mass is 9.96. The molecule has 12 atom stereocenters. The van der Waals surface area contributed by atoms with E-state index in [-0.39, 0.29) is 73.4 Å². The molecule has 14 amide bonds. The van der Waals surface area contributed by atoms with E-state index in [2.05, 4.69) is 104 Å². The van der Waals surface area contributed by atoms with Crippen molar-refractivity contribution in [3.8, 4) is 0 Å². The van der Waals surface area contributed by atoms with Gasteiger partial charge in [-0.1, -0.05) is 131 Å². The number of imidazole rings is 1. The highest BCUT2D eigenvalue weighted by Gasteiger charge is 2.41. The van der Waals surface area contributed by atoms with Gasteiger partial charge in [-0.2, -0.15) is 16.8 Å². The van der Waals surface area contributed by atoms with E-state index in [1.54, 1.807) is 49.6 Å². The second-order valence-electron chi connectivity index (χ2n) is 33.3. The third kappa shape index (κ3) is 36.1. The number of hydrogen-bond donors (Lipinski definition) is 20. The maximum Gasteiger partial charge on any atom is 0.267 e. The Morgan fingerprint density at radius 3 is 1.64 bits per heavy atom. The van der Waals surface area contributed by atoms with Gasteiger partial charge in [0.15, 0.2) is 12.2 Å². The molecule has 0 saturated carbocycles. The van der Waals surface area contributed by atoms with Gasteiger partial charge < -0.3 is 100 Å². The molecular formula is C78H122N17O23S2Si. The molecule has 2 unspecified atom stereocenters. The highest BCUT2D eigenvalue weighted by atomic mass is 32.2. The van der Waals surface area contributed by atoms with Crippen LogP contribution in [0.5, 0.6) is 0 Å². The van der Waals surface area contributed by atoms with Crippen molar-refractivity contribution in [3.63, 3.8) is 0 Å². The first kappa shape index (κ1) is 103. The van der Waals surface area contributed by atoms with Crippen LogP contribution in [-0.4, -0.2) is 263 Å². The number of aromatic nitrogens is 3. The van der Waals surface area contributed by atoms with Gasteiger partial charge in [0.1, 0.15) is 59.8 Å². The van der Waals surface area contributed by atoms with E-state index in [1.807, 2.05) is 57.3 Å². The fraction of sp³-hybridized carbons (Fsp3) is 0.603. The number of likely N-dealkylation sites (N-methyl/N-ethyl adjacent to an activating group) is 1. The zero-order chi connectivity index (χ0) is 91.4. The Morgan fingerprint density at radius 2 is 1.07 bits per heavy atom. The van der Waals surface area contributed by atoms with Crippen molar-refractivity contribution in [2.24, 2.45) is 29.2 Å². The number of rotatable bonds is 50. The second kappa shape index (κ2) is 47.2. The fourth-order valence-corrected chi connectivity index (χ4v) is 19.4. The molecule has 0 fully saturated rings. The quantitative estimate of drug-likeness (QED) is 0.0121. The molecular weight excluding hydrogens is 1640 g/mol. The van der Waals surface area contributed by atoms with Gasteiger partial charge in [-0.3, -0.25) is 76.2 Å². The van der Waals surface area contributed by atoms with E-state index in [1.165, 1.54) is 31.7 Å². The highest BCUT2D eigenvalue weighted by Crippen LogP contribution is 2.41. The normalized spacial score (nSPS) is 15.0. The summed E-state index contributed by atoms with van der Waals surface area (Å²) in [6.07, 6.45) is -4.08. The van der Waals surface area contributed by atoms with Crippen molar-refractivity contribution < 1.29 is 108 Å². The lowest BCUT2D eigenvalue weighted by molar-refractivity contribution is -0.147. The van der Waals surface area contributed by atoms with Gasteiger partial charge in [-0.25, -0.2) is 4.98 Å². The molecule has 2 aromatic heterocycles. The van der Waals surface area contributed by atoms with Gasteiger partial charge in [0, 0.05) is 74.8 Å². The number of fused-ring (bicyclic) bond motifs is 1. The number of carbonyl (C=O) groups is 14. The van der Waals surface area contributed by atoms with Crippen LogP contribution in [0.1, 0.15) is 158 Å². The molecule has 1 radical (unpaired) electrons. The number of amides is 14. The summed E-state index contributed by atoms with van der Waals surface area (Å²) < 4.78 is 67.9. The molecule has 4 rings (SSSR count). The third-order valence-electron chi connectivity index (χ3n) is 19.2. The van der Waals surface area contributed by atoms with Gasteiger partial charge in [-0.05, 0) is 90.5 Å². The van der Waals surface area contributed by atoms with Crippen LogP contribution >= 0.6 is 0 Å². The van der Waals surface area contributed by atoms with Crippen LogP contribution in [0.25, 0.3) is 10.9 Å². The predicted octanol–water partition coefficient (Wildman–Crippen LogP) is -2.79. The monoisotopic (exact) mass is 1760 g/mol. The van der Waals surface area contributed by atoms with Crippen LogP contribution in [0.3, 0.4) is 0 Å². The first-order valence-corrected chi connectivity index (χ1v) is 44.4. The summed E-state index contributed by atoms with van der Waals surface area (Å²) in [6.45, 7) is 23.8. The van der Waals surface area contributed by atoms with Gasteiger partial charge in [0.25, 0.3) is 32.1 Å². The lowest BCUT2D eigenvalue weighted by Gasteiger charge is -2.39. The van der Waals surface area contributed by atoms with Crippen molar-refractivity contribution in [2.75, 3.05) is 38.2 Å². The van der Waals surface area contributed by atoms with E-state index in [9.17, 15) is 108 Å². The third-order valence-corrected chi connectivity index (χ3v) is 24.6. The summed E-state index contributed by atoms with van der Waals surface area (Å²) in [5.41, 5.74) is 13.3. The first-order chi connectivity index (χ1) is 56.1. The van der Waals surface area contributed by atoms with Crippen molar-refractivity contribution in [1.29, 1.82) is 0 Å². The number of nitrogens with one attached hydrogen (secondary N) is 13. The average molecular weight is 1760 g/mol. The van der Waals surface area contributed by atoms with Crippen LogP contribution in [0.4, 0.5) is 0 Å². The second-order valence-corrected chi connectivity index (χ2v) is 40.7. The zero-order valence-electron chi connectivity index (χ0n) is 70.8. The van der Waals surface area contributed by atoms with E-state index in [4.69, 9.17) is 11.5 Å². The molecule has 43 heteroatoms.